The van der Waals surface area contributed by atoms with Crippen molar-refractivity contribution in [2.24, 2.45) is 0 Å². The summed E-state index contributed by atoms with van der Waals surface area (Å²) >= 11 is 0. The first kappa shape index (κ1) is 15.3. The molecule has 1 N–H and O–H groups in total. The minimum atomic E-state index is -3.60. The van der Waals surface area contributed by atoms with Crippen LogP contribution in [0.15, 0.2) is 28.7 Å². The number of carbonyl (C=O) groups excluding carboxylic acids is 1. The summed E-state index contributed by atoms with van der Waals surface area (Å²) in [6, 6.07) is 6.31. The van der Waals surface area contributed by atoms with Crippen LogP contribution in [0.25, 0.3) is 11.0 Å². The summed E-state index contributed by atoms with van der Waals surface area (Å²) in [7, 11) is -0.861. The SMILES string of the molecule is CCN(C)S(=O)(=O)Nc1ccc2cc(C(=O)OC)oc2c1. The van der Waals surface area contributed by atoms with Crippen LogP contribution in [0.5, 0.6) is 0 Å². The molecule has 0 spiro atoms. The Balaban J connectivity index is 2.33. The highest BCUT2D eigenvalue weighted by atomic mass is 32.2. The Labute approximate surface area is 122 Å². The molecule has 7 nitrogen and oxygen atoms in total. The van der Waals surface area contributed by atoms with E-state index in [9.17, 15) is 13.2 Å². The van der Waals surface area contributed by atoms with Crippen molar-refractivity contribution >= 4 is 32.8 Å². The lowest BCUT2D eigenvalue weighted by molar-refractivity contribution is 0.0567. The van der Waals surface area contributed by atoms with E-state index in [2.05, 4.69) is 9.46 Å². The van der Waals surface area contributed by atoms with Gasteiger partial charge in [-0.2, -0.15) is 12.7 Å². The van der Waals surface area contributed by atoms with Crippen LogP contribution in [-0.4, -0.2) is 39.4 Å². The Morgan fingerprint density at radius 2 is 2.10 bits per heavy atom. The second-order valence-corrected chi connectivity index (χ2v) is 6.15. The van der Waals surface area contributed by atoms with E-state index in [0.717, 1.165) is 0 Å². The molecule has 114 valence electrons. The van der Waals surface area contributed by atoms with Crippen LogP contribution >= 0.6 is 0 Å². The van der Waals surface area contributed by atoms with Gasteiger partial charge < -0.3 is 9.15 Å². The number of benzene rings is 1. The fourth-order valence-corrected chi connectivity index (χ4v) is 2.61. The molecule has 0 atom stereocenters. The summed E-state index contributed by atoms with van der Waals surface area (Å²) in [4.78, 5) is 11.4. The predicted octanol–water partition coefficient (Wildman–Crippen LogP) is 1.83. The third-order valence-corrected chi connectivity index (χ3v) is 4.58. The molecule has 2 aromatic rings. The average Bonchev–Trinajstić information content (AvgIpc) is 2.88. The topological polar surface area (TPSA) is 88.9 Å². The molecule has 21 heavy (non-hydrogen) atoms. The van der Waals surface area contributed by atoms with Crippen LogP contribution < -0.4 is 4.72 Å². The molecule has 1 heterocycles. The molecule has 0 fully saturated rings. The monoisotopic (exact) mass is 312 g/mol. The van der Waals surface area contributed by atoms with Crippen molar-refractivity contribution in [1.82, 2.24) is 4.31 Å². The number of carbonyl (C=O) groups is 1. The van der Waals surface area contributed by atoms with E-state index in [1.165, 1.54) is 30.6 Å². The second kappa shape index (κ2) is 5.74. The fourth-order valence-electron chi connectivity index (χ4n) is 1.69. The average molecular weight is 312 g/mol. The van der Waals surface area contributed by atoms with Gasteiger partial charge >= 0.3 is 16.2 Å². The lowest BCUT2D eigenvalue weighted by atomic mass is 10.2. The number of furan rings is 1. The summed E-state index contributed by atoms with van der Waals surface area (Å²) < 4.78 is 37.4. The molecule has 0 unspecified atom stereocenters. The zero-order valence-corrected chi connectivity index (χ0v) is 12.7. The number of anilines is 1. The lowest BCUT2D eigenvalue weighted by Crippen LogP contribution is -2.32. The summed E-state index contributed by atoms with van der Waals surface area (Å²) in [5.74, 6) is -0.516. The minimum Gasteiger partial charge on any atom is -0.463 e. The van der Waals surface area contributed by atoms with Crippen molar-refractivity contribution in [3.63, 3.8) is 0 Å². The van der Waals surface area contributed by atoms with Crippen LogP contribution in [0.3, 0.4) is 0 Å². The number of rotatable bonds is 5. The molecular weight excluding hydrogens is 296 g/mol. The highest BCUT2D eigenvalue weighted by Crippen LogP contribution is 2.24. The number of methoxy groups -OCH3 is 1. The van der Waals surface area contributed by atoms with Crippen molar-refractivity contribution in [3.8, 4) is 0 Å². The highest BCUT2D eigenvalue weighted by molar-refractivity contribution is 7.90. The van der Waals surface area contributed by atoms with Gasteiger partial charge in [0, 0.05) is 25.0 Å². The number of nitrogens with zero attached hydrogens (tertiary/aromatic N) is 1. The van der Waals surface area contributed by atoms with Gasteiger partial charge in [-0.15, -0.1) is 0 Å². The Kier molecular flexibility index (Phi) is 4.19. The van der Waals surface area contributed by atoms with E-state index in [0.29, 0.717) is 23.2 Å². The predicted molar refractivity (Wildman–Crippen MR) is 78.4 cm³/mol. The molecule has 0 saturated heterocycles. The zero-order chi connectivity index (χ0) is 15.6. The maximum absolute atomic E-state index is 11.9. The van der Waals surface area contributed by atoms with Gasteiger partial charge in [0.2, 0.25) is 5.76 Å². The molecule has 8 heteroatoms. The van der Waals surface area contributed by atoms with Gasteiger partial charge in [0.1, 0.15) is 5.58 Å². The molecule has 0 amide bonds. The quantitative estimate of drug-likeness (QED) is 0.851. The van der Waals surface area contributed by atoms with Gasteiger partial charge in [-0.05, 0) is 18.2 Å². The smallest absolute Gasteiger partial charge is 0.373 e. The molecule has 0 bridgehead atoms. The van der Waals surface area contributed by atoms with Crippen LogP contribution in [0.4, 0.5) is 5.69 Å². The maximum Gasteiger partial charge on any atom is 0.373 e. The second-order valence-electron chi connectivity index (χ2n) is 4.38. The van der Waals surface area contributed by atoms with Crippen molar-refractivity contribution in [3.05, 3.63) is 30.0 Å². The Hall–Kier alpha value is -2.06. The van der Waals surface area contributed by atoms with E-state index < -0.39 is 16.2 Å². The largest absolute Gasteiger partial charge is 0.463 e. The van der Waals surface area contributed by atoms with E-state index in [4.69, 9.17) is 4.42 Å². The van der Waals surface area contributed by atoms with Gasteiger partial charge in [0.15, 0.2) is 0 Å². The Morgan fingerprint density at radius 3 is 2.71 bits per heavy atom. The molecule has 1 aromatic carbocycles. The maximum atomic E-state index is 11.9. The standard InChI is InChI=1S/C13H16N2O5S/c1-4-15(2)21(17,18)14-10-6-5-9-7-12(13(16)19-3)20-11(9)8-10/h5-8,14H,4H2,1-3H3. The molecule has 0 aliphatic rings. The zero-order valence-electron chi connectivity index (χ0n) is 11.9. The molecule has 2 rings (SSSR count). The van der Waals surface area contributed by atoms with Crippen molar-refractivity contribution < 1.29 is 22.4 Å². The molecule has 0 aliphatic carbocycles. The first-order valence-corrected chi connectivity index (χ1v) is 7.67. The number of nitrogens with one attached hydrogen (secondary N) is 1. The van der Waals surface area contributed by atoms with Crippen LogP contribution in [-0.2, 0) is 14.9 Å². The third kappa shape index (κ3) is 3.17. The van der Waals surface area contributed by atoms with Gasteiger partial charge in [0.25, 0.3) is 0 Å². The number of ether oxygens (including phenoxy) is 1. The number of hydrogen-bond donors (Lipinski definition) is 1. The van der Waals surface area contributed by atoms with Gasteiger partial charge in [-0.3, -0.25) is 4.72 Å². The Bertz CT molecular complexity index is 766. The normalized spacial score (nSPS) is 11.8. The van der Waals surface area contributed by atoms with Crippen LogP contribution in [0.1, 0.15) is 17.5 Å². The molecule has 1 aromatic heterocycles. The summed E-state index contributed by atoms with van der Waals surface area (Å²) in [5.41, 5.74) is 0.753. The molecule has 0 aliphatic heterocycles. The van der Waals surface area contributed by atoms with Crippen molar-refractivity contribution in [2.75, 3.05) is 25.4 Å². The third-order valence-electron chi connectivity index (χ3n) is 3.01. The number of hydrogen-bond acceptors (Lipinski definition) is 5. The van der Waals surface area contributed by atoms with Crippen LogP contribution in [0, 0.1) is 0 Å². The number of fused-ring (bicyclic) bond motifs is 1. The lowest BCUT2D eigenvalue weighted by Gasteiger charge is -2.16. The Morgan fingerprint density at radius 1 is 1.38 bits per heavy atom. The van der Waals surface area contributed by atoms with Gasteiger partial charge in [0.05, 0.1) is 12.8 Å². The van der Waals surface area contributed by atoms with Crippen LogP contribution in [0.2, 0.25) is 0 Å². The highest BCUT2D eigenvalue weighted by Gasteiger charge is 2.17. The molecule has 0 radical (unpaired) electrons. The fraction of sp³-hybridized carbons (Fsp3) is 0.308. The first-order valence-electron chi connectivity index (χ1n) is 6.23. The van der Waals surface area contributed by atoms with Gasteiger partial charge in [-0.1, -0.05) is 6.92 Å². The minimum absolute atomic E-state index is 0.0678. The van der Waals surface area contributed by atoms with E-state index in [1.54, 1.807) is 19.1 Å². The van der Waals surface area contributed by atoms with Gasteiger partial charge in [-0.25, -0.2) is 4.79 Å². The van der Waals surface area contributed by atoms with E-state index in [-0.39, 0.29) is 5.76 Å². The van der Waals surface area contributed by atoms with E-state index in [1.807, 2.05) is 0 Å². The first-order chi connectivity index (χ1) is 9.87. The molecular formula is C13H16N2O5S. The molecule has 0 saturated carbocycles. The summed E-state index contributed by atoms with van der Waals surface area (Å²) in [5, 5.41) is 0.683. The number of esters is 1. The van der Waals surface area contributed by atoms with Crippen molar-refractivity contribution in [1.29, 1.82) is 0 Å². The summed E-state index contributed by atoms with van der Waals surface area (Å²) in [6.45, 7) is 2.09. The van der Waals surface area contributed by atoms with Crippen molar-refractivity contribution in [2.45, 2.75) is 6.92 Å². The summed E-state index contributed by atoms with van der Waals surface area (Å²) in [6.07, 6.45) is 0. The van der Waals surface area contributed by atoms with E-state index >= 15 is 0 Å².